The van der Waals surface area contributed by atoms with Crippen LogP contribution in [-0.4, -0.2) is 15.0 Å². The zero-order valence-electron chi connectivity index (χ0n) is 6.69. The first-order valence-corrected chi connectivity index (χ1v) is 6.79. The second kappa shape index (κ2) is 8.06. The molecule has 0 N–H and O–H groups in total. The number of hydrogen-bond donors (Lipinski definition) is 0. The molecule has 67 valence electrons. The Morgan fingerprint density at radius 1 is 1.36 bits per heavy atom. The zero-order valence-corrected chi connectivity index (χ0v) is 11.5. The van der Waals surface area contributed by atoms with E-state index in [0.29, 0.717) is 9.65 Å². The van der Waals surface area contributed by atoms with Crippen molar-refractivity contribution in [2.24, 2.45) is 0 Å². The normalized spacial score (nSPS) is 16.4. The Balaban J connectivity index is 3.15. The lowest BCUT2D eigenvalue weighted by atomic mass is 10.1. The van der Waals surface area contributed by atoms with E-state index < -0.39 is 0 Å². The van der Waals surface area contributed by atoms with Crippen LogP contribution in [0.25, 0.3) is 0 Å². The quantitative estimate of drug-likeness (QED) is 0.627. The van der Waals surface area contributed by atoms with Gasteiger partial charge in [0.15, 0.2) is 0 Å². The highest BCUT2D eigenvalue weighted by Gasteiger charge is 2.05. The van der Waals surface area contributed by atoms with Gasteiger partial charge in [-0.3, -0.25) is 0 Å². The van der Waals surface area contributed by atoms with Crippen LogP contribution in [0.2, 0.25) is 0 Å². The van der Waals surface area contributed by atoms with Gasteiger partial charge in [-0.05, 0) is 25.7 Å². The highest BCUT2D eigenvalue weighted by atomic mass is 79.9. The monoisotopic (exact) mass is 347 g/mol. The Morgan fingerprint density at radius 3 is 2.45 bits per heavy atom. The molecule has 0 aliphatic heterocycles. The van der Waals surface area contributed by atoms with Crippen molar-refractivity contribution in [1.82, 2.24) is 0 Å². The maximum Gasteiger partial charge on any atom is 0.0149 e. The van der Waals surface area contributed by atoms with Crippen LogP contribution in [0.5, 0.6) is 0 Å². The Kier molecular flexibility index (Phi) is 9.11. The van der Waals surface area contributed by atoms with E-state index in [1.54, 1.807) is 0 Å². The standard InChI is InChI=1S/C8H14Br3/c1-7(10)4-5-8(11)3-2-6-9/h4,7-8H,2-3,5-6H2,1H3. The summed E-state index contributed by atoms with van der Waals surface area (Å²) in [7, 11) is 0. The van der Waals surface area contributed by atoms with Crippen molar-refractivity contribution >= 4 is 47.8 Å². The first kappa shape index (κ1) is 12.4. The fraction of sp³-hybridized carbons (Fsp3) is 0.875. The summed E-state index contributed by atoms with van der Waals surface area (Å²) in [6, 6.07) is 0. The molecule has 11 heavy (non-hydrogen) atoms. The molecule has 0 aromatic rings. The molecule has 2 atom stereocenters. The van der Waals surface area contributed by atoms with Gasteiger partial charge in [0.1, 0.15) is 0 Å². The van der Waals surface area contributed by atoms with Gasteiger partial charge >= 0.3 is 0 Å². The fourth-order valence-electron chi connectivity index (χ4n) is 0.752. The molecular formula is C8H14Br3. The number of hydrogen-bond acceptors (Lipinski definition) is 0. The van der Waals surface area contributed by atoms with Gasteiger partial charge in [-0.25, -0.2) is 0 Å². The van der Waals surface area contributed by atoms with E-state index in [2.05, 4.69) is 61.1 Å². The van der Waals surface area contributed by atoms with Gasteiger partial charge in [-0.2, -0.15) is 0 Å². The predicted molar refractivity (Wildman–Crippen MR) is 63.0 cm³/mol. The second-order valence-corrected chi connectivity index (χ2v) is 6.11. The minimum atomic E-state index is 0.534. The molecule has 0 bridgehead atoms. The van der Waals surface area contributed by atoms with Crippen LogP contribution in [0.1, 0.15) is 26.2 Å². The van der Waals surface area contributed by atoms with Gasteiger partial charge in [0, 0.05) is 15.0 Å². The lowest BCUT2D eigenvalue weighted by Gasteiger charge is -2.08. The Hall–Kier alpha value is 1.44. The van der Waals surface area contributed by atoms with Crippen molar-refractivity contribution in [3.63, 3.8) is 0 Å². The molecule has 0 rings (SSSR count). The fourth-order valence-corrected chi connectivity index (χ4v) is 1.83. The van der Waals surface area contributed by atoms with Crippen LogP contribution < -0.4 is 0 Å². The SMILES string of the molecule is CC(Br)[CH]CC(Br)CCCBr. The molecule has 0 aliphatic rings. The van der Waals surface area contributed by atoms with Crippen molar-refractivity contribution in [3.05, 3.63) is 6.42 Å². The number of halogens is 3. The van der Waals surface area contributed by atoms with E-state index in [0.717, 1.165) is 11.8 Å². The topological polar surface area (TPSA) is 0 Å². The van der Waals surface area contributed by atoms with Crippen LogP contribution in [0, 0.1) is 6.42 Å². The molecule has 0 saturated heterocycles. The van der Waals surface area contributed by atoms with E-state index >= 15 is 0 Å². The van der Waals surface area contributed by atoms with E-state index in [9.17, 15) is 0 Å². The molecule has 0 saturated carbocycles. The van der Waals surface area contributed by atoms with E-state index in [4.69, 9.17) is 0 Å². The minimum absolute atomic E-state index is 0.534. The third-order valence-electron chi connectivity index (χ3n) is 1.37. The van der Waals surface area contributed by atoms with Crippen LogP contribution in [0.3, 0.4) is 0 Å². The molecular weight excluding hydrogens is 336 g/mol. The van der Waals surface area contributed by atoms with Crippen molar-refractivity contribution in [1.29, 1.82) is 0 Å². The summed E-state index contributed by atoms with van der Waals surface area (Å²) in [6.07, 6.45) is 5.94. The molecule has 0 aromatic heterocycles. The Labute approximate surface area is 94.9 Å². The van der Waals surface area contributed by atoms with Crippen LogP contribution in [0.15, 0.2) is 0 Å². The number of alkyl halides is 3. The molecule has 0 aromatic carbocycles. The molecule has 1 radical (unpaired) electrons. The van der Waals surface area contributed by atoms with Gasteiger partial charge in [-0.1, -0.05) is 54.7 Å². The maximum absolute atomic E-state index is 3.63. The largest absolute Gasteiger partial charge is 0.0928 e. The van der Waals surface area contributed by atoms with E-state index in [-0.39, 0.29) is 0 Å². The molecule has 0 amide bonds. The van der Waals surface area contributed by atoms with Crippen molar-refractivity contribution < 1.29 is 0 Å². The van der Waals surface area contributed by atoms with Crippen molar-refractivity contribution in [2.45, 2.75) is 35.8 Å². The van der Waals surface area contributed by atoms with Gasteiger partial charge in [0.25, 0.3) is 0 Å². The summed E-state index contributed by atoms with van der Waals surface area (Å²) in [4.78, 5) is 1.19. The average molecular weight is 350 g/mol. The highest BCUT2D eigenvalue weighted by Crippen LogP contribution is 2.17. The molecule has 0 spiro atoms. The first-order chi connectivity index (χ1) is 5.16. The summed E-state index contributed by atoms with van der Waals surface area (Å²) in [5.74, 6) is 0. The molecule has 0 nitrogen and oxygen atoms in total. The predicted octanol–water partition coefficient (Wildman–Crippen LogP) is 4.30. The molecule has 0 fully saturated rings. The lowest BCUT2D eigenvalue weighted by Crippen LogP contribution is -2.02. The summed E-state index contributed by atoms with van der Waals surface area (Å²) in [6.45, 7) is 2.14. The third kappa shape index (κ3) is 9.35. The zero-order chi connectivity index (χ0) is 8.69. The Bertz CT molecular complexity index is 83.4. The summed E-state index contributed by atoms with van der Waals surface area (Å²) >= 11 is 10.5. The average Bonchev–Trinajstić information content (AvgIpc) is 1.97. The van der Waals surface area contributed by atoms with Crippen LogP contribution in [-0.2, 0) is 0 Å². The molecule has 0 heterocycles. The van der Waals surface area contributed by atoms with Gasteiger partial charge < -0.3 is 0 Å². The number of rotatable bonds is 6. The first-order valence-electron chi connectivity index (χ1n) is 3.84. The molecule has 0 aliphatic carbocycles. The Morgan fingerprint density at radius 2 is 2.00 bits per heavy atom. The summed E-state index contributed by atoms with van der Waals surface area (Å²) < 4.78 is 0. The molecule has 2 unspecified atom stereocenters. The van der Waals surface area contributed by atoms with Crippen molar-refractivity contribution in [2.75, 3.05) is 5.33 Å². The van der Waals surface area contributed by atoms with Crippen LogP contribution >= 0.6 is 47.8 Å². The maximum atomic E-state index is 3.63. The molecule has 3 heteroatoms. The third-order valence-corrected chi connectivity index (χ3v) is 3.13. The van der Waals surface area contributed by atoms with E-state index in [1.165, 1.54) is 12.8 Å². The van der Waals surface area contributed by atoms with Gasteiger partial charge in [0.05, 0.1) is 0 Å². The van der Waals surface area contributed by atoms with Crippen molar-refractivity contribution in [3.8, 4) is 0 Å². The highest BCUT2D eigenvalue weighted by molar-refractivity contribution is 9.10. The van der Waals surface area contributed by atoms with Crippen LogP contribution in [0.4, 0.5) is 0 Å². The lowest BCUT2D eigenvalue weighted by molar-refractivity contribution is 0.735. The second-order valence-electron chi connectivity index (χ2n) is 2.58. The van der Waals surface area contributed by atoms with Gasteiger partial charge in [0.2, 0.25) is 0 Å². The smallest absolute Gasteiger partial charge is 0.0149 e. The summed E-state index contributed by atoms with van der Waals surface area (Å²) in [5.41, 5.74) is 0. The van der Waals surface area contributed by atoms with Gasteiger partial charge in [-0.15, -0.1) is 0 Å². The van der Waals surface area contributed by atoms with E-state index in [1.807, 2.05) is 0 Å². The minimum Gasteiger partial charge on any atom is -0.0928 e. The summed E-state index contributed by atoms with van der Waals surface area (Å²) in [5, 5.41) is 1.11.